The van der Waals surface area contributed by atoms with E-state index in [2.05, 4.69) is 5.32 Å². The number of nitrogens with zero attached hydrogens (tertiary/aromatic N) is 1. The molecule has 0 heterocycles. The molecule has 5 nitrogen and oxygen atoms in total. The Labute approximate surface area is 135 Å². The number of rotatable bonds is 6. The monoisotopic (exact) mass is 352 g/mol. The molecule has 1 unspecified atom stereocenters. The molecule has 0 aliphatic heterocycles. The van der Waals surface area contributed by atoms with Gasteiger partial charge in [-0.05, 0) is 31.5 Å². The highest BCUT2D eigenvalue weighted by molar-refractivity contribution is 7.92. The fourth-order valence-electron chi connectivity index (χ4n) is 1.61. The Morgan fingerprint density at radius 2 is 2.00 bits per heavy atom. The SMILES string of the molecule is CCC(C)NC(=O)CN(c1cc(Cl)ccc1Cl)S(C)(=O)=O. The molecule has 0 fully saturated rings. The van der Waals surface area contributed by atoms with Crippen LogP contribution in [0.5, 0.6) is 0 Å². The summed E-state index contributed by atoms with van der Waals surface area (Å²) in [6.07, 6.45) is 1.77. The zero-order valence-electron chi connectivity index (χ0n) is 12.1. The molecule has 1 amide bonds. The molecule has 0 aliphatic rings. The highest BCUT2D eigenvalue weighted by Gasteiger charge is 2.23. The van der Waals surface area contributed by atoms with E-state index in [9.17, 15) is 13.2 Å². The number of nitrogens with one attached hydrogen (secondary N) is 1. The van der Waals surface area contributed by atoms with Crippen LogP contribution in [0.4, 0.5) is 5.69 Å². The van der Waals surface area contributed by atoms with Crippen LogP contribution in [0.25, 0.3) is 0 Å². The molecule has 1 atom stereocenters. The molecular weight excluding hydrogens is 335 g/mol. The third-order valence-corrected chi connectivity index (χ3v) is 4.57. The van der Waals surface area contributed by atoms with Crippen LogP contribution in [0.2, 0.25) is 10.0 Å². The predicted octanol–water partition coefficient (Wildman–Crippen LogP) is 2.67. The van der Waals surface area contributed by atoms with Gasteiger partial charge in [-0.15, -0.1) is 0 Å². The Morgan fingerprint density at radius 3 is 2.52 bits per heavy atom. The van der Waals surface area contributed by atoms with Crippen molar-refractivity contribution in [2.45, 2.75) is 26.3 Å². The van der Waals surface area contributed by atoms with E-state index < -0.39 is 15.9 Å². The normalized spacial score (nSPS) is 12.8. The maximum absolute atomic E-state index is 11.9. The number of benzene rings is 1. The minimum Gasteiger partial charge on any atom is -0.352 e. The number of carbonyl (C=O) groups is 1. The Balaban J connectivity index is 3.08. The summed E-state index contributed by atoms with van der Waals surface area (Å²) in [6, 6.07) is 4.42. The fraction of sp³-hybridized carbons (Fsp3) is 0.462. The first kappa shape index (κ1) is 18.1. The number of amides is 1. The second-order valence-corrected chi connectivity index (χ2v) is 7.49. The van der Waals surface area contributed by atoms with Crippen molar-refractivity contribution >= 4 is 44.8 Å². The van der Waals surface area contributed by atoms with Crippen LogP contribution >= 0.6 is 23.2 Å². The topological polar surface area (TPSA) is 66.5 Å². The Bertz CT molecular complexity index is 620. The maximum atomic E-state index is 11.9. The van der Waals surface area contributed by atoms with E-state index in [1.807, 2.05) is 13.8 Å². The first-order valence-electron chi connectivity index (χ1n) is 6.37. The largest absolute Gasteiger partial charge is 0.352 e. The Kier molecular flexibility index (Phi) is 6.31. The van der Waals surface area contributed by atoms with Crippen LogP contribution in [0.1, 0.15) is 20.3 Å². The molecule has 0 saturated heterocycles. The summed E-state index contributed by atoms with van der Waals surface area (Å²) in [6.45, 7) is 3.42. The minimum absolute atomic E-state index is 0.0336. The summed E-state index contributed by atoms with van der Waals surface area (Å²) in [5.74, 6) is -0.397. The first-order chi connectivity index (χ1) is 9.65. The zero-order valence-corrected chi connectivity index (χ0v) is 14.4. The molecule has 8 heteroatoms. The van der Waals surface area contributed by atoms with Crippen molar-refractivity contribution in [3.8, 4) is 0 Å². The molecule has 1 aromatic carbocycles. The van der Waals surface area contributed by atoms with Crippen molar-refractivity contribution < 1.29 is 13.2 Å². The molecule has 0 radical (unpaired) electrons. The van der Waals surface area contributed by atoms with Gasteiger partial charge in [-0.2, -0.15) is 0 Å². The average Bonchev–Trinajstić information content (AvgIpc) is 2.37. The van der Waals surface area contributed by atoms with E-state index in [1.165, 1.54) is 12.1 Å². The molecule has 0 spiro atoms. The molecule has 0 aliphatic carbocycles. The van der Waals surface area contributed by atoms with Crippen LogP contribution in [0.15, 0.2) is 18.2 Å². The lowest BCUT2D eigenvalue weighted by atomic mass is 10.2. The standard InChI is InChI=1S/C13H18Cl2N2O3S/c1-4-9(2)16-13(18)8-17(21(3,19)20)12-7-10(14)5-6-11(12)15/h5-7,9H,4,8H2,1-3H3,(H,16,18). The first-order valence-corrected chi connectivity index (χ1v) is 8.97. The Hall–Kier alpha value is -0.980. The highest BCUT2D eigenvalue weighted by Crippen LogP contribution is 2.30. The lowest BCUT2D eigenvalue weighted by Crippen LogP contribution is -2.43. The number of halogens is 2. The predicted molar refractivity (Wildman–Crippen MR) is 86.5 cm³/mol. The van der Waals surface area contributed by atoms with Gasteiger partial charge < -0.3 is 5.32 Å². The van der Waals surface area contributed by atoms with Gasteiger partial charge >= 0.3 is 0 Å². The van der Waals surface area contributed by atoms with E-state index in [0.29, 0.717) is 5.02 Å². The smallest absolute Gasteiger partial charge is 0.240 e. The third kappa shape index (κ3) is 5.37. The third-order valence-electron chi connectivity index (χ3n) is 2.88. The average molecular weight is 353 g/mol. The van der Waals surface area contributed by atoms with Crippen molar-refractivity contribution in [1.29, 1.82) is 0 Å². The highest BCUT2D eigenvalue weighted by atomic mass is 35.5. The fourth-order valence-corrected chi connectivity index (χ4v) is 2.91. The van der Waals surface area contributed by atoms with Crippen molar-refractivity contribution in [2.75, 3.05) is 17.1 Å². The molecule has 0 saturated carbocycles. The number of anilines is 1. The number of hydrogen-bond acceptors (Lipinski definition) is 3. The number of hydrogen-bond donors (Lipinski definition) is 1. The maximum Gasteiger partial charge on any atom is 0.240 e. The van der Waals surface area contributed by atoms with Crippen LogP contribution in [0, 0.1) is 0 Å². The summed E-state index contributed by atoms with van der Waals surface area (Å²) >= 11 is 11.9. The van der Waals surface area contributed by atoms with Crippen LogP contribution in [-0.2, 0) is 14.8 Å². The minimum atomic E-state index is -3.67. The second-order valence-electron chi connectivity index (χ2n) is 4.74. The van der Waals surface area contributed by atoms with Gasteiger partial charge in [0.15, 0.2) is 0 Å². The van der Waals surface area contributed by atoms with Gasteiger partial charge in [-0.3, -0.25) is 9.10 Å². The number of sulfonamides is 1. The van der Waals surface area contributed by atoms with E-state index in [0.717, 1.165) is 17.0 Å². The van der Waals surface area contributed by atoms with Gasteiger partial charge in [0.25, 0.3) is 0 Å². The van der Waals surface area contributed by atoms with Crippen LogP contribution in [-0.4, -0.2) is 33.2 Å². The molecule has 21 heavy (non-hydrogen) atoms. The molecular formula is C13H18Cl2N2O3S. The molecule has 1 aromatic rings. The van der Waals surface area contributed by atoms with E-state index in [-0.39, 0.29) is 23.3 Å². The van der Waals surface area contributed by atoms with Crippen LogP contribution in [0.3, 0.4) is 0 Å². The molecule has 0 bridgehead atoms. The number of carbonyl (C=O) groups excluding carboxylic acids is 1. The van der Waals surface area contributed by atoms with E-state index >= 15 is 0 Å². The van der Waals surface area contributed by atoms with Crippen molar-refractivity contribution in [2.24, 2.45) is 0 Å². The van der Waals surface area contributed by atoms with Gasteiger partial charge in [-0.1, -0.05) is 30.1 Å². The summed E-state index contributed by atoms with van der Waals surface area (Å²) < 4.78 is 24.8. The van der Waals surface area contributed by atoms with Crippen molar-refractivity contribution in [3.05, 3.63) is 28.2 Å². The van der Waals surface area contributed by atoms with E-state index in [1.54, 1.807) is 6.07 Å². The van der Waals surface area contributed by atoms with Gasteiger partial charge in [-0.25, -0.2) is 8.42 Å². The quantitative estimate of drug-likeness (QED) is 0.855. The van der Waals surface area contributed by atoms with Crippen molar-refractivity contribution in [1.82, 2.24) is 5.32 Å². The molecule has 118 valence electrons. The van der Waals surface area contributed by atoms with Crippen LogP contribution < -0.4 is 9.62 Å². The van der Waals surface area contributed by atoms with Crippen molar-refractivity contribution in [3.63, 3.8) is 0 Å². The second kappa shape index (κ2) is 7.33. The zero-order chi connectivity index (χ0) is 16.2. The molecule has 1 N–H and O–H groups in total. The Morgan fingerprint density at radius 1 is 1.38 bits per heavy atom. The molecule has 1 rings (SSSR count). The summed E-state index contributed by atoms with van der Waals surface area (Å²) in [5.41, 5.74) is 0.186. The lowest BCUT2D eigenvalue weighted by molar-refractivity contribution is -0.120. The molecule has 0 aromatic heterocycles. The van der Waals surface area contributed by atoms with Gasteiger partial charge in [0.2, 0.25) is 15.9 Å². The summed E-state index contributed by atoms with van der Waals surface area (Å²) in [5, 5.41) is 3.26. The van der Waals surface area contributed by atoms with Gasteiger partial charge in [0.05, 0.1) is 17.0 Å². The van der Waals surface area contributed by atoms with Gasteiger partial charge in [0.1, 0.15) is 6.54 Å². The van der Waals surface area contributed by atoms with Gasteiger partial charge in [0, 0.05) is 11.1 Å². The lowest BCUT2D eigenvalue weighted by Gasteiger charge is -2.24. The van der Waals surface area contributed by atoms with E-state index in [4.69, 9.17) is 23.2 Å². The summed E-state index contributed by atoms with van der Waals surface area (Å²) in [7, 11) is -3.67. The summed E-state index contributed by atoms with van der Waals surface area (Å²) in [4.78, 5) is 11.9.